The van der Waals surface area contributed by atoms with Crippen LogP contribution in [0.25, 0.3) is 11.3 Å². The fourth-order valence-corrected chi connectivity index (χ4v) is 4.77. The summed E-state index contributed by atoms with van der Waals surface area (Å²) < 4.78 is 1.30. The molecule has 0 radical (unpaired) electrons. The van der Waals surface area contributed by atoms with Crippen LogP contribution in [0.3, 0.4) is 0 Å². The van der Waals surface area contributed by atoms with Crippen LogP contribution < -0.4 is 5.32 Å². The molecule has 0 amide bonds. The monoisotopic (exact) mass is 430 g/mol. The number of H-pyrrole nitrogens is 1. The summed E-state index contributed by atoms with van der Waals surface area (Å²) in [7, 11) is 0. The Morgan fingerprint density at radius 2 is 1.72 bits per heavy atom. The first-order chi connectivity index (χ1) is 15.7. The second-order valence-electron chi connectivity index (χ2n) is 9.05. The molecule has 32 heavy (non-hydrogen) atoms. The van der Waals surface area contributed by atoms with Crippen molar-refractivity contribution in [3.8, 4) is 11.3 Å². The molecule has 3 aliphatic rings. The average molecular weight is 431 g/mol. The summed E-state index contributed by atoms with van der Waals surface area (Å²) >= 11 is 0. The van der Waals surface area contributed by atoms with E-state index in [2.05, 4.69) is 49.7 Å². The number of benzene rings is 2. The van der Waals surface area contributed by atoms with Crippen molar-refractivity contribution in [1.82, 2.24) is 20.4 Å². The number of aromatic amines is 1. The van der Waals surface area contributed by atoms with E-state index in [1.54, 1.807) is 0 Å². The van der Waals surface area contributed by atoms with Gasteiger partial charge in [0.1, 0.15) is 0 Å². The number of nitrogens with one attached hydrogen (secondary N) is 2. The molecule has 2 N–H and O–H groups in total. The number of hydrogen-bond donors (Lipinski definition) is 2. The predicted octanol–water partition coefficient (Wildman–Crippen LogP) is 4.29. The van der Waals surface area contributed by atoms with Crippen molar-refractivity contribution >= 4 is 11.5 Å². The van der Waals surface area contributed by atoms with Crippen LogP contribution in [0.4, 0.5) is 11.5 Å². The number of rotatable bonds is 8. The summed E-state index contributed by atoms with van der Waals surface area (Å²) in [6.07, 6.45) is 0. The van der Waals surface area contributed by atoms with E-state index in [-0.39, 0.29) is 0 Å². The highest BCUT2D eigenvalue weighted by molar-refractivity contribution is 5.61. The highest BCUT2D eigenvalue weighted by Crippen LogP contribution is 2.24. The minimum absolute atomic E-state index is 0.324. The van der Waals surface area contributed by atoms with E-state index in [0.717, 1.165) is 23.5 Å². The average Bonchev–Trinajstić information content (AvgIpc) is 3.34. The Balaban J connectivity index is 1.13. The molecule has 1 unspecified atom stereocenters. The lowest BCUT2D eigenvalue weighted by atomic mass is 10.1. The molecule has 166 valence electrons. The smallest absolute Gasteiger partial charge is 0.196 e. The first kappa shape index (κ1) is 21.0. The third kappa shape index (κ3) is 4.80. The topological polar surface area (TPSA) is 68.7 Å². The number of azo groups is 1. The first-order valence-electron chi connectivity index (χ1n) is 11.6. The SMILES string of the molecule is CC(NCC[N+]12CCN(CC1)CC2)c1ccc(N=Nc2cc(-c3ccccc3)[nH]n2)cc1. The summed E-state index contributed by atoms with van der Waals surface area (Å²) in [4.78, 5) is 2.60. The Morgan fingerprint density at radius 3 is 2.44 bits per heavy atom. The Kier molecular flexibility index (Phi) is 6.12. The Morgan fingerprint density at radius 1 is 1.00 bits per heavy atom. The highest BCUT2D eigenvalue weighted by atomic mass is 15.5. The number of aromatic nitrogens is 2. The largest absolute Gasteiger partial charge is 0.319 e. The van der Waals surface area contributed by atoms with Gasteiger partial charge in [-0.25, -0.2) is 0 Å². The predicted molar refractivity (Wildman–Crippen MR) is 127 cm³/mol. The molecule has 7 heteroatoms. The number of fused-ring (bicyclic) bond motifs is 3. The van der Waals surface area contributed by atoms with E-state index in [4.69, 9.17) is 0 Å². The number of hydrogen-bond acceptors (Lipinski definition) is 5. The van der Waals surface area contributed by atoms with Crippen LogP contribution in [0.5, 0.6) is 0 Å². The van der Waals surface area contributed by atoms with Crippen molar-refractivity contribution in [2.75, 3.05) is 52.4 Å². The summed E-state index contributed by atoms with van der Waals surface area (Å²) in [5, 5.41) is 19.6. The van der Waals surface area contributed by atoms with E-state index in [1.165, 1.54) is 55.9 Å². The normalized spacial score (nSPS) is 23.6. The van der Waals surface area contributed by atoms with Crippen LogP contribution in [0.2, 0.25) is 0 Å². The molecule has 0 aliphatic carbocycles. The van der Waals surface area contributed by atoms with E-state index < -0.39 is 0 Å². The third-order valence-corrected chi connectivity index (χ3v) is 7.02. The summed E-state index contributed by atoms with van der Waals surface area (Å²) in [5.41, 5.74) is 4.12. The molecule has 3 aliphatic heterocycles. The van der Waals surface area contributed by atoms with Crippen molar-refractivity contribution in [2.45, 2.75) is 13.0 Å². The number of nitrogens with zero attached hydrogens (tertiary/aromatic N) is 5. The molecule has 7 nitrogen and oxygen atoms in total. The van der Waals surface area contributed by atoms with Gasteiger partial charge in [0, 0.05) is 38.3 Å². The fraction of sp³-hybridized carbons (Fsp3) is 0.400. The summed E-state index contributed by atoms with van der Waals surface area (Å²) in [6.45, 7) is 12.3. The van der Waals surface area contributed by atoms with Gasteiger partial charge < -0.3 is 9.80 Å². The van der Waals surface area contributed by atoms with E-state index in [1.807, 2.05) is 48.5 Å². The van der Waals surface area contributed by atoms with E-state index >= 15 is 0 Å². The van der Waals surface area contributed by atoms with Gasteiger partial charge in [-0.3, -0.25) is 10.00 Å². The van der Waals surface area contributed by atoms with E-state index in [9.17, 15) is 0 Å². The molecule has 1 aromatic heterocycles. The van der Waals surface area contributed by atoms with Gasteiger partial charge in [-0.1, -0.05) is 42.5 Å². The van der Waals surface area contributed by atoms with Crippen LogP contribution in [0.1, 0.15) is 18.5 Å². The Hall–Kier alpha value is -2.87. The van der Waals surface area contributed by atoms with Crippen LogP contribution in [0.15, 0.2) is 70.9 Å². The van der Waals surface area contributed by atoms with Crippen LogP contribution in [-0.2, 0) is 0 Å². The van der Waals surface area contributed by atoms with Crippen molar-refractivity contribution in [3.05, 3.63) is 66.2 Å². The quantitative estimate of drug-likeness (QED) is 0.414. The van der Waals surface area contributed by atoms with Gasteiger partial charge in [-0.2, -0.15) is 5.10 Å². The lowest BCUT2D eigenvalue weighted by Crippen LogP contribution is -2.68. The second-order valence-corrected chi connectivity index (χ2v) is 9.05. The molecular formula is C25H32N7+. The summed E-state index contributed by atoms with van der Waals surface area (Å²) in [5.74, 6) is 0.578. The number of piperazine rings is 3. The van der Waals surface area contributed by atoms with Gasteiger partial charge in [0.05, 0.1) is 37.6 Å². The van der Waals surface area contributed by atoms with Crippen molar-refractivity contribution in [1.29, 1.82) is 0 Å². The van der Waals surface area contributed by atoms with Gasteiger partial charge in [-0.15, -0.1) is 10.2 Å². The zero-order chi connectivity index (χ0) is 21.8. The first-order valence-corrected chi connectivity index (χ1v) is 11.6. The molecule has 3 fully saturated rings. The maximum atomic E-state index is 4.35. The standard InChI is InChI=1S/C25H32N7/c1-20(26-11-15-32-16-12-31(13-17-32)14-18-32)21-7-9-23(10-8-21)27-29-25-19-24(28-30-25)22-5-3-2-4-6-22/h2-10,19-20,26H,11-18H2,1H3,(H,28,30)/q+1. The van der Waals surface area contributed by atoms with Gasteiger partial charge >= 0.3 is 0 Å². The van der Waals surface area contributed by atoms with E-state index in [0.29, 0.717) is 11.9 Å². The van der Waals surface area contributed by atoms with Gasteiger partial charge in [0.2, 0.25) is 0 Å². The molecule has 0 saturated carbocycles. The third-order valence-electron chi connectivity index (χ3n) is 7.02. The Bertz CT molecular complexity index is 1020. The molecule has 2 aromatic carbocycles. The van der Waals surface area contributed by atoms with Gasteiger partial charge in [0.25, 0.3) is 0 Å². The maximum absolute atomic E-state index is 4.35. The summed E-state index contributed by atoms with van der Waals surface area (Å²) in [6, 6.07) is 20.6. The second kappa shape index (κ2) is 9.32. The van der Waals surface area contributed by atoms with Gasteiger partial charge in [-0.05, 0) is 30.2 Å². The molecule has 0 spiro atoms. The molecular weight excluding hydrogens is 398 g/mol. The molecule has 3 aromatic rings. The fourth-order valence-electron chi connectivity index (χ4n) is 4.77. The molecule has 6 rings (SSSR count). The highest BCUT2D eigenvalue weighted by Gasteiger charge is 2.37. The lowest BCUT2D eigenvalue weighted by Gasteiger charge is -2.50. The van der Waals surface area contributed by atoms with Crippen LogP contribution in [0, 0.1) is 0 Å². The van der Waals surface area contributed by atoms with Crippen molar-refractivity contribution in [2.24, 2.45) is 10.2 Å². The molecule has 2 bridgehead atoms. The van der Waals surface area contributed by atoms with Crippen molar-refractivity contribution in [3.63, 3.8) is 0 Å². The lowest BCUT2D eigenvalue weighted by molar-refractivity contribution is -0.939. The Labute approximate surface area is 189 Å². The van der Waals surface area contributed by atoms with Crippen molar-refractivity contribution < 1.29 is 4.48 Å². The van der Waals surface area contributed by atoms with Gasteiger partial charge in [0.15, 0.2) is 5.82 Å². The maximum Gasteiger partial charge on any atom is 0.196 e. The number of quaternary nitrogens is 1. The zero-order valence-corrected chi connectivity index (χ0v) is 18.7. The van der Waals surface area contributed by atoms with Crippen LogP contribution in [-0.4, -0.2) is 71.9 Å². The minimum atomic E-state index is 0.324. The minimum Gasteiger partial charge on any atom is -0.319 e. The molecule has 4 heterocycles. The zero-order valence-electron chi connectivity index (χ0n) is 18.7. The molecule has 1 atom stereocenters. The molecule has 3 saturated heterocycles. The van der Waals surface area contributed by atoms with Crippen LogP contribution >= 0.6 is 0 Å².